The molecule has 3 aromatic carbocycles. The second-order valence-corrected chi connectivity index (χ2v) is 8.42. The van der Waals surface area contributed by atoms with Gasteiger partial charge in [-0.3, -0.25) is 10.2 Å². The van der Waals surface area contributed by atoms with Gasteiger partial charge in [0.1, 0.15) is 17.3 Å². The molecule has 0 bridgehead atoms. The van der Waals surface area contributed by atoms with Crippen LogP contribution in [0.3, 0.4) is 0 Å². The second kappa shape index (κ2) is 8.68. The SMILES string of the molecule is CC1=NN(c2ccc3c(c2)CCC3)C(=O)/C1=N\Nc1cc(F)cc(-c2cccc(C(=O)O)c2)c1O. The van der Waals surface area contributed by atoms with E-state index in [0.29, 0.717) is 17.0 Å². The van der Waals surface area contributed by atoms with E-state index in [4.69, 9.17) is 0 Å². The van der Waals surface area contributed by atoms with Crippen molar-refractivity contribution in [2.45, 2.75) is 26.2 Å². The van der Waals surface area contributed by atoms with Crippen LogP contribution in [-0.2, 0) is 17.6 Å². The van der Waals surface area contributed by atoms with E-state index in [1.807, 2.05) is 18.2 Å². The van der Waals surface area contributed by atoms with Crippen molar-refractivity contribution in [1.82, 2.24) is 0 Å². The number of aromatic carboxylic acids is 1. The Morgan fingerprint density at radius 3 is 2.71 bits per heavy atom. The van der Waals surface area contributed by atoms with Crippen molar-refractivity contribution in [3.8, 4) is 16.9 Å². The number of fused-ring (bicyclic) bond motifs is 1. The summed E-state index contributed by atoms with van der Waals surface area (Å²) in [6.45, 7) is 1.64. The molecule has 8 nitrogen and oxygen atoms in total. The molecular weight excluding hydrogens is 451 g/mol. The third-order valence-corrected chi connectivity index (χ3v) is 6.10. The van der Waals surface area contributed by atoms with Crippen LogP contribution in [0.1, 0.15) is 34.8 Å². The molecule has 0 aromatic heterocycles. The second-order valence-electron chi connectivity index (χ2n) is 8.42. The van der Waals surface area contributed by atoms with Crippen LogP contribution in [0.4, 0.5) is 15.8 Å². The number of phenolic OH excluding ortho intramolecular Hbond substituents is 1. The molecule has 9 heteroatoms. The summed E-state index contributed by atoms with van der Waals surface area (Å²) >= 11 is 0. The Kier molecular flexibility index (Phi) is 5.52. The molecule has 1 aliphatic carbocycles. The number of anilines is 2. The number of aromatic hydroxyl groups is 1. The number of nitrogens with one attached hydrogen (secondary N) is 1. The Hall–Kier alpha value is -4.53. The number of amides is 1. The van der Waals surface area contributed by atoms with E-state index in [2.05, 4.69) is 15.6 Å². The van der Waals surface area contributed by atoms with Gasteiger partial charge in [0.05, 0.1) is 17.0 Å². The number of halogens is 1. The van der Waals surface area contributed by atoms with Crippen LogP contribution in [0.5, 0.6) is 5.75 Å². The van der Waals surface area contributed by atoms with Gasteiger partial charge >= 0.3 is 11.9 Å². The molecule has 1 amide bonds. The van der Waals surface area contributed by atoms with Crippen molar-refractivity contribution < 1.29 is 24.2 Å². The van der Waals surface area contributed by atoms with Gasteiger partial charge in [0.15, 0.2) is 5.71 Å². The molecule has 0 saturated heterocycles. The van der Waals surface area contributed by atoms with Crippen molar-refractivity contribution in [3.63, 3.8) is 0 Å². The summed E-state index contributed by atoms with van der Waals surface area (Å²) in [5.41, 5.74) is 6.42. The lowest BCUT2D eigenvalue weighted by Crippen LogP contribution is -2.28. The molecule has 176 valence electrons. The number of hydrazone groups is 2. The van der Waals surface area contributed by atoms with E-state index in [-0.39, 0.29) is 28.3 Å². The normalized spacial score (nSPS) is 15.9. The van der Waals surface area contributed by atoms with Gasteiger partial charge in [0.2, 0.25) is 0 Å². The van der Waals surface area contributed by atoms with Gasteiger partial charge in [-0.25, -0.2) is 9.18 Å². The molecule has 1 aliphatic heterocycles. The van der Waals surface area contributed by atoms with Gasteiger partial charge in [0.25, 0.3) is 0 Å². The fourth-order valence-corrected chi connectivity index (χ4v) is 4.33. The summed E-state index contributed by atoms with van der Waals surface area (Å²) in [6, 6.07) is 13.7. The molecule has 1 heterocycles. The Morgan fingerprint density at radius 1 is 1.11 bits per heavy atom. The molecule has 0 saturated carbocycles. The maximum Gasteiger partial charge on any atom is 0.335 e. The average molecular weight is 472 g/mol. The lowest BCUT2D eigenvalue weighted by atomic mass is 10.0. The summed E-state index contributed by atoms with van der Waals surface area (Å²) in [7, 11) is 0. The van der Waals surface area contributed by atoms with E-state index in [1.54, 1.807) is 13.0 Å². The minimum atomic E-state index is -1.14. The van der Waals surface area contributed by atoms with Crippen LogP contribution in [0.2, 0.25) is 0 Å². The number of hydrogen-bond donors (Lipinski definition) is 3. The highest BCUT2D eigenvalue weighted by molar-refractivity contribution is 6.71. The molecule has 35 heavy (non-hydrogen) atoms. The summed E-state index contributed by atoms with van der Waals surface area (Å²) in [5, 5.41) is 29.7. The molecule has 3 aromatic rings. The fraction of sp³-hybridized carbons (Fsp3) is 0.154. The number of carboxylic acids is 1. The number of rotatable bonds is 5. The predicted octanol–water partition coefficient (Wildman–Crippen LogP) is 4.58. The summed E-state index contributed by atoms with van der Waals surface area (Å²) in [5.74, 6) is -2.61. The average Bonchev–Trinajstić information content (AvgIpc) is 3.42. The van der Waals surface area contributed by atoms with Gasteiger partial charge in [-0.2, -0.15) is 15.2 Å². The van der Waals surface area contributed by atoms with E-state index in [9.17, 15) is 24.2 Å². The van der Waals surface area contributed by atoms with Gasteiger partial charge in [0, 0.05) is 11.6 Å². The van der Waals surface area contributed by atoms with Crippen molar-refractivity contribution in [2.75, 3.05) is 10.4 Å². The highest BCUT2D eigenvalue weighted by Crippen LogP contribution is 2.37. The fourth-order valence-electron chi connectivity index (χ4n) is 4.33. The van der Waals surface area contributed by atoms with E-state index in [0.717, 1.165) is 31.4 Å². The van der Waals surface area contributed by atoms with E-state index < -0.39 is 17.7 Å². The third kappa shape index (κ3) is 4.12. The third-order valence-electron chi connectivity index (χ3n) is 6.10. The number of carbonyl (C=O) groups excluding carboxylic acids is 1. The van der Waals surface area contributed by atoms with Crippen LogP contribution in [0.15, 0.2) is 64.8 Å². The van der Waals surface area contributed by atoms with Gasteiger partial charge in [-0.05, 0) is 73.2 Å². The first kappa shape index (κ1) is 22.3. The molecule has 2 aliphatic rings. The monoisotopic (exact) mass is 472 g/mol. The Balaban J connectivity index is 1.43. The van der Waals surface area contributed by atoms with Crippen LogP contribution in [0.25, 0.3) is 11.1 Å². The number of carbonyl (C=O) groups is 2. The van der Waals surface area contributed by atoms with Crippen LogP contribution in [-0.4, -0.2) is 33.5 Å². The smallest absolute Gasteiger partial charge is 0.335 e. The lowest BCUT2D eigenvalue weighted by Gasteiger charge is -2.13. The number of nitrogens with zero attached hydrogens (tertiary/aromatic N) is 3. The van der Waals surface area contributed by atoms with Crippen LogP contribution in [0, 0.1) is 5.82 Å². The zero-order valence-corrected chi connectivity index (χ0v) is 18.7. The van der Waals surface area contributed by atoms with E-state index in [1.165, 1.54) is 34.3 Å². The maximum atomic E-state index is 14.4. The zero-order valence-electron chi connectivity index (χ0n) is 18.7. The molecule has 0 fully saturated rings. The van der Waals surface area contributed by atoms with Gasteiger partial charge < -0.3 is 10.2 Å². The van der Waals surface area contributed by atoms with Crippen molar-refractivity contribution >= 4 is 34.7 Å². The summed E-state index contributed by atoms with van der Waals surface area (Å²) in [6.07, 6.45) is 3.08. The number of aryl methyl sites for hydroxylation is 2. The minimum absolute atomic E-state index is 0.00375. The number of carboxylic acid groups (broad SMARTS) is 1. The first-order valence-corrected chi connectivity index (χ1v) is 11.0. The molecule has 0 atom stereocenters. The Bertz CT molecular complexity index is 1450. The molecule has 5 rings (SSSR count). The first-order valence-electron chi connectivity index (χ1n) is 11.0. The van der Waals surface area contributed by atoms with Crippen molar-refractivity contribution in [2.24, 2.45) is 10.2 Å². The first-order chi connectivity index (χ1) is 16.8. The molecule has 3 N–H and O–H groups in total. The zero-order chi connectivity index (χ0) is 24.7. The van der Waals surface area contributed by atoms with E-state index >= 15 is 0 Å². The van der Waals surface area contributed by atoms with Gasteiger partial charge in [-0.15, -0.1) is 0 Å². The Labute approximate surface area is 200 Å². The summed E-state index contributed by atoms with van der Waals surface area (Å²) in [4.78, 5) is 24.3. The van der Waals surface area contributed by atoms with Crippen molar-refractivity contribution in [1.29, 1.82) is 0 Å². The van der Waals surface area contributed by atoms with Crippen LogP contribution < -0.4 is 10.4 Å². The topological polar surface area (TPSA) is 115 Å². The van der Waals surface area contributed by atoms with Gasteiger partial charge in [-0.1, -0.05) is 18.2 Å². The predicted molar refractivity (Wildman–Crippen MR) is 131 cm³/mol. The van der Waals surface area contributed by atoms with Crippen LogP contribution >= 0.6 is 0 Å². The standard InChI is InChI=1S/C26H21FN4O4/c1-14-23(25(33)31(30-14)20-9-8-15-4-2-5-16(15)11-20)29-28-22-13-19(27)12-21(24(22)32)17-6-3-7-18(10-17)26(34)35/h3,6-13,28,32H,2,4-5H2,1H3,(H,34,35)/b29-23-. The number of phenols is 1. The highest BCUT2D eigenvalue weighted by atomic mass is 19.1. The molecule has 0 unspecified atom stereocenters. The number of hydrogen-bond acceptors (Lipinski definition) is 6. The largest absolute Gasteiger partial charge is 0.505 e. The lowest BCUT2D eigenvalue weighted by molar-refractivity contribution is -0.112. The summed E-state index contributed by atoms with van der Waals surface area (Å²) < 4.78 is 14.4. The molecular formula is C26H21FN4O4. The highest BCUT2D eigenvalue weighted by Gasteiger charge is 2.31. The minimum Gasteiger partial charge on any atom is -0.505 e. The number of benzene rings is 3. The van der Waals surface area contributed by atoms with Crippen molar-refractivity contribution in [3.05, 3.63) is 77.1 Å². The maximum absolute atomic E-state index is 14.4. The molecule has 0 radical (unpaired) electrons. The quantitative estimate of drug-likeness (QED) is 0.372. The molecule has 0 spiro atoms. The Morgan fingerprint density at radius 2 is 1.91 bits per heavy atom.